The second-order valence-electron chi connectivity index (χ2n) is 4.69. The first-order chi connectivity index (χ1) is 11.5. The van der Waals surface area contributed by atoms with Gasteiger partial charge in [0.15, 0.2) is 0 Å². The van der Waals surface area contributed by atoms with Gasteiger partial charge in [-0.25, -0.2) is 0 Å². The van der Waals surface area contributed by atoms with Gasteiger partial charge in [-0.2, -0.15) is 0 Å². The maximum absolute atomic E-state index is 12.0. The van der Waals surface area contributed by atoms with Crippen LogP contribution in [0.5, 0.6) is 5.75 Å². The third kappa shape index (κ3) is 4.87. The van der Waals surface area contributed by atoms with Crippen LogP contribution in [0.25, 0.3) is 0 Å². The largest absolute Gasteiger partial charge is 0.495 e. The molecule has 0 aliphatic heterocycles. The van der Waals surface area contributed by atoms with Gasteiger partial charge in [-0.05, 0) is 46.3 Å². The second kappa shape index (κ2) is 8.56. The minimum Gasteiger partial charge on any atom is -0.495 e. The van der Waals surface area contributed by atoms with Crippen LogP contribution >= 0.6 is 27.5 Å². The molecule has 6 nitrogen and oxygen atoms in total. The molecule has 2 aromatic rings. The van der Waals surface area contributed by atoms with Gasteiger partial charge in [0, 0.05) is 10.2 Å². The monoisotopic (exact) mass is 411 g/mol. The molecular formula is C16H15BrClN3O3. The Balaban J connectivity index is 1.82. The van der Waals surface area contributed by atoms with Crippen LogP contribution in [0.15, 0.2) is 46.9 Å². The number of amides is 2. The molecule has 0 spiro atoms. The zero-order valence-electron chi connectivity index (χ0n) is 12.7. The second-order valence-corrected chi connectivity index (χ2v) is 5.95. The lowest BCUT2D eigenvalue weighted by Crippen LogP contribution is -2.44. The molecule has 24 heavy (non-hydrogen) atoms. The molecule has 0 heterocycles. The summed E-state index contributed by atoms with van der Waals surface area (Å²) in [7, 11) is 1.52. The third-order valence-electron chi connectivity index (χ3n) is 3.04. The predicted molar refractivity (Wildman–Crippen MR) is 96.2 cm³/mol. The lowest BCUT2D eigenvalue weighted by molar-refractivity contribution is -0.120. The molecule has 2 aromatic carbocycles. The highest BCUT2D eigenvalue weighted by molar-refractivity contribution is 9.10. The number of methoxy groups -OCH3 is 1. The summed E-state index contributed by atoms with van der Waals surface area (Å²) >= 11 is 9.28. The SMILES string of the molecule is COc1ccc(NCC(=O)NNC(=O)c2ccccc2Br)cc1Cl. The molecule has 3 N–H and O–H groups in total. The fraction of sp³-hybridized carbons (Fsp3) is 0.125. The number of rotatable bonds is 5. The van der Waals surface area contributed by atoms with Gasteiger partial charge in [-0.1, -0.05) is 23.7 Å². The maximum atomic E-state index is 12.0. The first kappa shape index (κ1) is 18.1. The molecule has 2 rings (SSSR count). The smallest absolute Gasteiger partial charge is 0.270 e. The van der Waals surface area contributed by atoms with Gasteiger partial charge in [0.2, 0.25) is 0 Å². The molecule has 0 unspecified atom stereocenters. The fourth-order valence-corrected chi connectivity index (χ4v) is 2.56. The molecule has 8 heteroatoms. The highest BCUT2D eigenvalue weighted by Gasteiger charge is 2.10. The normalized spacial score (nSPS) is 9.96. The van der Waals surface area contributed by atoms with Crippen LogP contribution in [0.1, 0.15) is 10.4 Å². The molecule has 0 radical (unpaired) electrons. The minimum absolute atomic E-state index is 0.0289. The molecule has 0 fully saturated rings. The predicted octanol–water partition coefficient (Wildman–Crippen LogP) is 2.98. The number of hydrogen-bond donors (Lipinski definition) is 3. The quantitative estimate of drug-likeness (QED) is 0.660. The topological polar surface area (TPSA) is 79.5 Å². The fourth-order valence-electron chi connectivity index (χ4n) is 1.84. The Labute approximate surface area is 152 Å². The van der Waals surface area contributed by atoms with Gasteiger partial charge in [-0.3, -0.25) is 20.4 Å². The minimum atomic E-state index is -0.414. The Morgan fingerprint density at radius 2 is 1.92 bits per heavy atom. The van der Waals surface area contributed by atoms with Crippen molar-refractivity contribution in [1.29, 1.82) is 0 Å². The average Bonchev–Trinajstić information content (AvgIpc) is 2.58. The van der Waals surface area contributed by atoms with Crippen molar-refractivity contribution in [3.63, 3.8) is 0 Å². The standard InChI is InChI=1S/C16H15BrClN3O3/c1-24-14-7-6-10(8-13(14)18)19-9-15(22)20-21-16(23)11-4-2-3-5-12(11)17/h2-8,19H,9H2,1H3,(H,20,22)(H,21,23). The van der Waals surface area contributed by atoms with E-state index in [1.165, 1.54) is 7.11 Å². The number of hydrazine groups is 1. The zero-order chi connectivity index (χ0) is 17.5. The number of carbonyl (C=O) groups excluding carboxylic acids is 2. The Morgan fingerprint density at radius 3 is 2.58 bits per heavy atom. The third-order valence-corrected chi connectivity index (χ3v) is 4.03. The van der Waals surface area contributed by atoms with Crippen LogP contribution in [0, 0.1) is 0 Å². The van der Waals surface area contributed by atoms with Crippen molar-refractivity contribution < 1.29 is 14.3 Å². The van der Waals surface area contributed by atoms with E-state index in [1.807, 2.05) is 0 Å². The summed E-state index contributed by atoms with van der Waals surface area (Å²) in [6.45, 7) is -0.0289. The van der Waals surface area contributed by atoms with Crippen LogP contribution in [-0.2, 0) is 4.79 Å². The van der Waals surface area contributed by atoms with E-state index in [9.17, 15) is 9.59 Å². The Bertz CT molecular complexity index is 755. The van der Waals surface area contributed by atoms with Gasteiger partial charge < -0.3 is 10.1 Å². The lowest BCUT2D eigenvalue weighted by Gasteiger charge is -2.11. The highest BCUT2D eigenvalue weighted by Crippen LogP contribution is 2.26. The van der Waals surface area contributed by atoms with Crippen molar-refractivity contribution in [2.24, 2.45) is 0 Å². The number of hydrogen-bond acceptors (Lipinski definition) is 4. The van der Waals surface area contributed by atoms with Crippen molar-refractivity contribution in [3.05, 3.63) is 57.5 Å². The van der Waals surface area contributed by atoms with Crippen molar-refractivity contribution in [1.82, 2.24) is 10.9 Å². The number of nitrogens with one attached hydrogen (secondary N) is 3. The summed E-state index contributed by atoms with van der Waals surface area (Å²) in [5.74, 6) is -0.266. The first-order valence-corrected chi connectivity index (χ1v) is 8.09. The van der Waals surface area contributed by atoms with E-state index in [0.29, 0.717) is 26.5 Å². The van der Waals surface area contributed by atoms with E-state index in [0.717, 1.165) is 0 Å². The highest BCUT2D eigenvalue weighted by atomic mass is 79.9. The molecule has 0 bridgehead atoms. The molecule has 0 aliphatic rings. The molecule has 0 aliphatic carbocycles. The van der Waals surface area contributed by atoms with E-state index >= 15 is 0 Å². The van der Waals surface area contributed by atoms with E-state index < -0.39 is 11.8 Å². The lowest BCUT2D eigenvalue weighted by atomic mass is 10.2. The molecule has 0 aromatic heterocycles. The van der Waals surface area contributed by atoms with E-state index in [2.05, 4.69) is 32.1 Å². The van der Waals surface area contributed by atoms with Crippen LogP contribution in [-0.4, -0.2) is 25.5 Å². The van der Waals surface area contributed by atoms with Crippen molar-refractivity contribution in [2.75, 3.05) is 19.0 Å². The Kier molecular flexibility index (Phi) is 6.45. The summed E-state index contributed by atoms with van der Waals surface area (Å²) in [6.07, 6.45) is 0. The van der Waals surface area contributed by atoms with Gasteiger partial charge in [0.25, 0.3) is 11.8 Å². The van der Waals surface area contributed by atoms with E-state index in [-0.39, 0.29) is 6.54 Å². The zero-order valence-corrected chi connectivity index (χ0v) is 15.1. The Hall–Kier alpha value is -2.25. The summed E-state index contributed by atoms with van der Waals surface area (Å²) < 4.78 is 5.69. The average molecular weight is 413 g/mol. The van der Waals surface area contributed by atoms with Gasteiger partial charge >= 0.3 is 0 Å². The van der Waals surface area contributed by atoms with Crippen LogP contribution in [0.4, 0.5) is 5.69 Å². The summed E-state index contributed by atoms with van der Waals surface area (Å²) in [5, 5.41) is 3.33. The van der Waals surface area contributed by atoms with E-state index in [1.54, 1.807) is 42.5 Å². The molecule has 0 saturated carbocycles. The Morgan fingerprint density at radius 1 is 1.17 bits per heavy atom. The number of benzene rings is 2. The number of ether oxygens (including phenoxy) is 1. The summed E-state index contributed by atoms with van der Waals surface area (Å²) in [4.78, 5) is 23.7. The number of anilines is 1. The summed E-state index contributed by atoms with van der Waals surface area (Å²) in [6, 6.07) is 12.0. The molecular weight excluding hydrogens is 398 g/mol. The number of halogens is 2. The van der Waals surface area contributed by atoms with Crippen LogP contribution in [0.2, 0.25) is 5.02 Å². The maximum Gasteiger partial charge on any atom is 0.270 e. The van der Waals surface area contributed by atoms with Crippen LogP contribution in [0.3, 0.4) is 0 Å². The first-order valence-electron chi connectivity index (χ1n) is 6.92. The van der Waals surface area contributed by atoms with Gasteiger partial charge in [0.1, 0.15) is 5.75 Å². The van der Waals surface area contributed by atoms with Crippen molar-refractivity contribution in [3.8, 4) is 5.75 Å². The number of carbonyl (C=O) groups is 2. The van der Waals surface area contributed by atoms with Crippen LogP contribution < -0.4 is 20.9 Å². The van der Waals surface area contributed by atoms with Gasteiger partial charge in [-0.15, -0.1) is 0 Å². The van der Waals surface area contributed by atoms with Crippen molar-refractivity contribution >= 4 is 45.0 Å². The molecule has 0 atom stereocenters. The molecule has 2 amide bonds. The molecule has 126 valence electrons. The van der Waals surface area contributed by atoms with Gasteiger partial charge in [0.05, 0.1) is 24.2 Å². The molecule has 0 saturated heterocycles. The van der Waals surface area contributed by atoms with E-state index in [4.69, 9.17) is 16.3 Å². The van der Waals surface area contributed by atoms with Crippen molar-refractivity contribution in [2.45, 2.75) is 0 Å². The summed E-state index contributed by atoms with van der Waals surface area (Å²) in [5.41, 5.74) is 5.77.